The third kappa shape index (κ3) is 3.48. The number of hydrogen-bond acceptors (Lipinski definition) is 4. The highest BCUT2D eigenvalue weighted by Crippen LogP contribution is 2.35. The van der Waals surface area contributed by atoms with Crippen LogP contribution < -0.4 is 0 Å². The van der Waals surface area contributed by atoms with E-state index in [9.17, 15) is 9.59 Å². The smallest absolute Gasteiger partial charge is 0.225 e. The first-order valence-electron chi connectivity index (χ1n) is 8.65. The molecule has 1 spiro atoms. The summed E-state index contributed by atoms with van der Waals surface area (Å²) >= 11 is 0. The number of carbonyl (C=O) groups is 2. The van der Waals surface area contributed by atoms with E-state index in [0.717, 1.165) is 31.7 Å². The SMILES string of the molecule is CC(C)C(=O)N1CCN(Cc2ccoc2)C[C@@]2(CC(=O)N(C)C2)C1. The van der Waals surface area contributed by atoms with Gasteiger partial charge in [0.15, 0.2) is 0 Å². The predicted molar refractivity (Wildman–Crippen MR) is 90.1 cm³/mol. The molecule has 132 valence electrons. The second-order valence-electron chi connectivity index (χ2n) is 7.68. The molecule has 0 bridgehead atoms. The Morgan fingerprint density at radius 3 is 2.67 bits per heavy atom. The standard InChI is InChI=1S/C18H27N3O3/c1-14(2)17(23)21-6-5-20(9-15-4-7-24-10-15)12-18(13-21)8-16(22)19(3)11-18/h4,7,10,14H,5-6,8-9,11-13H2,1-3H3/t18-/m0/s1. The van der Waals surface area contributed by atoms with E-state index in [0.29, 0.717) is 19.5 Å². The number of amides is 2. The molecule has 0 aliphatic carbocycles. The van der Waals surface area contributed by atoms with E-state index in [1.807, 2.05) is 31.9 Å². The van der Waals surface area contributed by atoms with Crippen LogP contribution in [0.25, 0.3) is 0 Å². The molecule has 0 saturated carbocycles. The van der Waals surface area contributed by atoms with E-state index in [2.05, 4.69) is 4.90 Å². The zero-order valence-corrected chi connectivity index (χ0v) is 14.8. The summed E-state index contributed by atoms with van der Waals surface area (Å²) in [7, 11) is 1.86. The number of rotatable bonds is 3. The molecule has 3 heterocycles. The lowest BCUT2D eigenvalue weighted by Gasteiger charge is -2.33. The molecule has 1 aromatic rings. The summed E-state index contributed by atoms with van der Waals surface area (Å²) in [6.07, 6.45) is 3.97. The molecule has 2 amide bonds. The van der Waals surface area contributed by atoms with E-state index in [1.165, 1.54) is 0 Å². The fourth-order valence-electron chi connectivity index (χ4n) is 3.99. The summed E-state index contributed by atoms with van der Waals surface area (Å²) < 4.78 is 5.18. The summed E-state index contributed by atoms with van der Waals surface area (Å²) in [4.78, 5) is 30.9. The zero-order valence-electron chi connectivity index (χ0n) is 14.8. The van der Waals surface area contributed by atoms with Gasteiger partial charge in [0, 0.05) is 69.6 Å². The maximum Gasteiger partial charge on any atom is 0.225 e. The van der Waals surface area contributed by atoms with Crippen molar-refractivity contribution in [3.63, 3.8) is 0 Å². The highest BCUT2D eigenvalue weighted by molar-refractivity contribution is 5.80. The molecule has 2 aliphatic heterocycles. The normalized spacial score (nSPS) is 25.8. The largest absolute Gasteiger partial charge is 0.472 e. The van der Waals surface area contributed by atoms with Gasteiger partial charge in [-0.15, -0.1) is 0 Å². The number of nitrogens with zero attached hydrogens (tertiary/aromatic N) is 3. The van der Waals surface area contributed by atoms with Gasteiger partial charge in [0.2, 0.25) is 11.8 Å². The molecule has 6 heteroatoms. The van der Waals surface area contributed by atoms with Crippen LogP contribution in [0.5, 0.6) is 0 Å². The first-order valence-corrected chi connectivity index (χ1v) is 8.65. The molecule has 1 atom stereocenters. The van der Waals surface area contributed by atoms with E-state index in [4.69, 9.17) is 4.42 Å². The van der Waals surface area contributed by atoms with Crippen LogP contribution in [0.1, 0.15) is 25.8 Å². The highest BCUT2D eigenvalue weighted by Gasteiger charge is 2.46. The van der Waals surface area contributed by atoms with Crippen molar-refractivity contribution in [1.29, 1.82) is 0 Å². The molecule has 1 aromatic heterocycles. The monoisotopic (exact) mass is 333 g/mol. The Morgan fingerprint density at radius 2 is 2.08 bits per heavy atom. The summed E-state index contributed by atoms with van der Waals surface area (Å²) in [5, 5.41) is 0. The van der Waals surface area contributed by atoms with Gasteiger partial charge >= 0.3 is 0 Å². The maximum absolute atomic E-state index is 12.6. The van der Waals surface area contributed by atoms with Gasteiger partial charge in [-0.05, 0) is 6.07 Å². The average Bonchev–Trinajstić information content (AvgIpc) is 3.06. The quantitative estimate of drug-likeness (QED) is 0.840. The van der Waals surface area contributed by atoms with Gasteiger partial charge in [-0.3, -0.25) is 14.5 Å². The van der Waals surface area contributed by atoms with Crippen LogP contribution in [0.2, 0.25) is 0 Å². The summed E-state index contributed by atoms with van der Waals surface area (Å²) in [6.45, 7) is 8.43. The second-order valence-corrected chi connectivity index (χ2v) is 7.68. The van der Waals surface area contributed by atoms with Gasteiger partial charge < -0.3 is 14.2 Å². The van der Waals surface area contributed by atoms with Crippen LogP contribution in [0.15, 0.2) is 23.0 Å². The van der Waals surface area contributed by atoms with Crippen molar-refractivity contribution >= 4 is 11.8 Å². The van der Waals surface area contributed by atoms with Gasteiger partial charge in [0.05, 0.1) is 12.5 Å². The van der Waals surface area contributed by atoms with Crippen molar-refractivity contribution in [2.45, 2.75) is 26.8 Å². The molecule has 0 unspecified atom stereocenters. The van der Waals surface area contributed by atoms with Gasteiger partial charge in [-0.1, -0.05) is 13.8 Å². The minimum Gasteiger partial charge on any atom is -0.472 e. The third-order valence-corrected chi connectivity index (χ3v) is 5.09. The predicted octanol–water partition coefficient (Wildman–Crippen LogP) is 1.43. The summed E-state index contributed by atoms with van der Waals surface area (Å²) in [5.74, 6) is 0.343. The number of hydrogen-bond donors (Lipinski definition) is 0. The number of carbonyl (C=O) groups excluding carboxylic acids is 2. The van der Waals surface area contributed by atoms with E-state index >= 15 is 0 Å². The first-order chi connectivity index (χ1) is 11.4. The summed E-state index contributed by atoms with van der Waals surface area (Å²) in [6, 6.07) is 1.97. The lowest BCUT2D eigenvalue weighted by Crippen LogP contribution is -2.45. The maximum atomic E-state index is 12.6. The number of likely N-dealkylation sites (tertiary alicyclic amines) is 1. The number of furan rings is 1. The van der Waals surface area contributed by atoms with Crippen LogP contribution in [-0.4, -0.2) is 66.3 Å². The molecular weight excluding hydrogens is 306 g/mol. The Kier molecular flexibility index (Phi) is 4.67. The van der Waals surface area contributed by atoms with Gasteiger partial charge in [0.25, 0.3) is 0 Å². The van der Waals surface area contributed by atoms with Crippen molar-refractivity contribution in [2.75, 3.05) is 39.8 Å². The zero-order chi connectivity index (χ0) is 17.3. The topological polar surface area (TPSA) is 57.0 Å². The Labute approximate surface area is 143 Å². The molecule has 2 fully saturated rings. The Hall–Kier alpha value is -1.82. The van der Waals surface area contributed by atoms with Crippen molar-refractivity contribution in [2.24, 2.45) is 11.3 Å². The highest BCUT2D eigenvalue weighted by atomic mass is 16.3. The van der Waals surface area contributed by atoms with Crippen LogP contribution in [0.4, 0.5) is 0 Å². The van der Waals surface area contributed by atoms with Crippen molar-refractivity contribution in [1.82, 2.24) is 14.7 Å². The van der Waals surface area contributed by atoms with Gasteiger partial charge in [-0.25, -0.2) is 0 Å². The lowest BCUT2D eigenvalue weighted by molar-refractivity contribution is -0.135. The van der Waals surface area contributed by atoms with E-state index in [-0.39, 0.29) is 23.1 Å². The fraction of sp³-hybridized carbons (Fsp3) is 0.667. The Balaban J connectivity index is 1.81. The molecule has 0 aromatic carbocycles. The van der Waals surface area contributed by atoms with E-state index < -0.39 is 0 Å². The molecule has 24 heavy (non-hydrogen) atoms. The van der Waals surface area contributed by atoms with Gasteiger partial charge in [-0.2, -0.15) is 0 Å². The first kappa shape index (κ1) is 17.0. The molecule has 3 rings (SSSR count). The van der Waals surface area contributed by atoms with Crippen molar-refractivity contribution < 1.29 is 14.0 Å². The Bertz CT molecular complexity index is 599. The van der Waals surface area contributed by atoms with Crippen molar-refractivity contribution in [3.8, 4) is 0 Å². The van der Waals surface area contributed by atoms with Crippen LogP contribution in [-0.2, 0) is 16.1 Å². The average molecular weight is 333 g/mol. The minimum atomic E-state index is -0.170. The van der Waals surface area contributed by atoms with Crippen LogP contribution in [0, 0.1) is 11.3 Å². The Morgan fingerprint density at radius 1 is 1.29 bits per heavy atom. The lowest BCUT2D eigenvalue weighted by atomic mass is 9.85. The second kappa shape index (κ2) is 6.59. The molecule has 2 aliphatic rings. The van der Waals surface area contributed by atoms with E-state index in [1.54, 1.807) is 17.4 Å². The molecule has 0 radical (unpaired) electrons. The molecule has 6 nitrogen and oxygen atoms in total. The van der Waals surface area contributed by atoms with Crippen molar-refractivity contribution in [3.05, 3.63) is 24.2 Å². The molecule has 0 N–H and O–H groups in total. The van der Waals surface area contributed by atoms with Crippen LogP contribution >= 0.6 is 0 Å². The van der Waals surface area contributed by atoms with Crippen LogP contribution in [0.3, 0.4) is 0 Å². The van der Waals surface area contributed by atoms with Gasteiger partial charge in [0.1, 0.15) is 0 Å². The summed E-state index contributed by atoms with van der Waals surface area (Å²) in [5.41, 5.74) is 0.961. The third-order valence-electron chi connectivity index (χ3n) is 5.09. The molecular formula is C18H27N3O3. The molecule has 2 saturated heterocycles. The minimum absolute atomic E-state index is 0.0164. The fourth-order valence-corrected chi connectivity index (χ4v) is 3.99.